The summed E-state index contributed by atoms with van der Waals surface area (Å²) in [5, 5.41) is 1.72. The van der Waals surface area contributed by atoms with Crippen molar-refractivity contribution in [2.45, 2.75) is 5.03 Å². The molecule has 0 bridgehead atoms. The number of nitrogens with zero attached hydrogens (tertiary/aromatic N) is 2. The van der Waals surface area contributed by atoms with Crippen LogP contribution in [0.2, 0.25) is 0 Å². The van der Waals surface area contributed by atoms with Crippen LogP contribution in [-0.2, 0) is 10.0 Å². The average molecular weight is 256 g/mol. The van der Waals surface area contributed by atoms with Crippen LogP contribution in [-0.4, -0.2) is 18.4 Å². The van der Waals surface area contributed by atoms with Crippen LogP contribution in [0.1, 0.15) is 0 Å². The first kappa shape index (κ1) is 10.8. The van der Waals surface area contributed by atoms with Gasteiger partial charge in [0.05, 0.1) is 0 Å². The number of thiazole rings is 1. The normalized spacial score (nSPS) is 11.2. The van der Waals surface area contributed by atoms with Gasteiger partial charge in [-0.25, -0.2) is 9.97 Å². The maximum Gasteiger partial charge on any atom is 0.281 e. The van der Waals surface area contributed by atoms with Crippen molar-refractivity contribution in [3.05, 3.63) is 29.8 Å². The highest BCUT2D eigenvalue weighted by Gasteiger charge is 2.16. The van der Waals surface area contributed by atoms with Crippen molar-refractivity contribution in [1.29, 1.82) is 0 Å². The molecule has 0 saturated heterocycles. The number of aromatic nitrogens is 2. The summed E-state index contributed by atoms with van der Waals surface area (Å²) in [6, 6.07) is 4.64. The zero-order valence-corrected chi connectivity index (χ0v) is 9.62. The van der Waals surface area contributed by atoms with Crippen molar-refractivity contribution in [1.82, 2.24) is 9.97 Å². The van der Waals surface area contributed by atoms with Crippen LogP contribution < -0.4 is 10.5 Å². The topological polar surface area (TPSA) is 98.0 Å². The van der Waals surface area contributed by atoms with Gasteiger partial charge >= 0.3 is 0 Å². The summed E-state index contributed by atoms with van der Waals surface area (Å²) in [5.74, 6) is 0.281. The summed E-state index contributed by atoms with van der Waals surface area (Å²) in [7, 11) is -3.67. The van der Waals surface area contributed by atoms with E-state index in [9.17, 15) is 8.42 Å². The Morgan fingerprint density at radius 3 is 2.75 bits per heavy atom. The standard InChI is InChI=1S/C8H8N4O2S2/c9-6-5-15-8(11-6)12-16(13,14)7-3-1-2-4-10-7/h1-5H,9H2,(H,11,12). The summed E-state index contributed by atoms with van der Waals surface area (Å²) in [4.78, 5) is 7.55. The minimum absolute atomic E-state index is 0.0521. The van der Waals surface area contributed by atoms with E-state index in [0.717, 1.165) is 11.3 Å². The molecule has 6 nitrogen and oxygen atoms in total. The molecule has 0 amide bonds. The van der Waals surface area contributed by atoms with Gasteiger partial charge in [-0.05, 0) is 12.1 Å². The van der Waals surface area contributed by atoms with Crippen molar-refractivity contribution in [2.75, 3.05) is 10.5 Å². The average Bonchev–Trinajstić information content (AvgIpc) is 2.64. The number of rotatable bonds is 3. The van der Waals surface area contributed by atoms with Gasteiger partial charge in [0.15, 0.2) is 10.2 Å². The fraction of sp³-hybridized carbons (Fsp3) is 0. The molecule has 0 atom stereocenters. The second kappa shape index (κ2) is 4.06. The molecule has 16 heavy (non-hydrogen) atoms. The summed E-state index contributed by atoms with van der Waals surface area (Å²) in [6.45, 7) is 0. The van der Waals surface area contributed by atoms with E-state index < -0.39 is 10.0 Å². The van der Waals surface area contributed by atoms with E-state index in [1.165, 1.54) is 12.3 Å². The van der Waals surface area contributed by atoms with Crippen LogP contribution in [0.5, 0.6) is 0 Å². The van der Waals surface area contributed by atoms with E-state index in [4.69, 9.17) is 5.73 Å². The Bertz CT molecular complexity index is 579. The monoisotopic (exact) mass is 256 g/mol. The van der Waals surface area contributed by atoms with Gasteiger partial charge in [0.2, 0.25) is 0 Å². The number of nitrogen functional groups attached to an aromatic ring is 1. The van der Waals surface area contributed by atoms with Crippen LogP contribution in [0.3, 0.4) is 0 Å². The molecule has 0 spiro atoms. The molecule has 2 aromatic heterocycles. The second-order valence-corrected chi connectivity index (χ2v) is 5.34. The molecule has 0 saturated carbocycles. The molecule has 2 aromatic rings. The van der Waals surface area contributed by atoms with E-state index in [1.54, 1.807) is 17.5 Å². The van der Waals surface area contributed by atoms with Crippen molar-refractivity contribution in [3.63, 3.8) is 0 Å². The zero-order chi connectivity index (χ0) is 11.6. The molecule has 0 unspecified atom stereocenters. The molecule has 3 N–H and O–H groups in total. The predicted molar refractivity (Wildman–Crippen MR) is 61.6 cm³/mol. The Morgan fingerprint density at radius 2 is 2.19 bits per heavy atom. The Balaban J connectivity index is 2.28. The van der Waals surface area contributed by atoms with Gasteiger partial charge in [0.25, 0.3) is 10.0 Å². The van der Waals surface area contributed by atoms with Gasteiger partial charge in [0.1, 0.15) is 5.82 Å². The SMILES string of the molecule is Nc1csc(NS(=O)(=O)c2ccccn2)n1. The highest BCUT2D eigenvalue weighted by molar-refractivity contribution is 7.92. The number of nitrogens with two attached hydrogens (primary N) is 1. The van der Waals surface area contributed by atoms with Gasteiger partial charge in [-0.1, -0.05) is 6.07 Å². The van der Waals surface area contributed by atoms with Crippen molar-refractivity contribution >= 4 is 32.3 Å². The lowest BCUT2D eigenvalue weighted by atomic mass is 10.5. The van der Waals surface area contributed by atoms with E-state index in [2.05, 4.69) is 14.7 Å². The number of hydrogen-bond acceptors (Lipinski definition) is 6. The maximum absolute atomic E-state index is 11.8. The molecule has 84 valence electrons. The van der Waals surface area contributed by atoms with Gasteiger partial charge < -0.3 is 5.73 Å². The molecule has 0 aliphatic carbocycles. The minimum atomic E-state index is -3.67. The first-order chi connectivity index (χ1) is 7.58. The van der Waals surface area contributed by atoms with Crippen LogP contribution in [0, 0.1) is 0 Å². The van der Waals surface area contributed by atoms with Gasteiger partial charge in [-0.15, -0.1) is 11.3 Å². The highest BCUT2D eigenvalue weighted by atomic mass is 32.2. The molecule has 2 heterocycles. The van der Waals surface area contributed by atoms with Crippen LogP contribution in [0.25, 0.3) is 0 Å². The molecule has 0 aliphatic heterocycles. The Morgan fingerprint density at radius 1 is 1.38 bits per heavy atom. The molecular weight excluding hydrogens is 248 g/mol. The summed E-state index contributed by atoms with van der Waals surface area (Å²) >= 11 is 1.12. The number of hydrogen-bond donors (Lipinski definition) is 2. The third-order valence-corrected chi connectivity index (χ3v) is 3.82. The van der Waals surface area contributed by atoms with E-state index >= 15 is 0 Å². The molecular formula is C8H8N4O2S2. The van der Waals surface area contributed by atoms with Crippen molar-refractivity contribution in [2.24, 2.45) is 0 Å². The molecule has 0 aliphatic rings. The lowest BCUT2D eigenvalue weighted by molar-refractivity contribution is 0.597. The fourth-order valence-electron chi connectivity index (χ4n) is 1.01. The van der Waals surface area contributed by atoms with E-state index in [0.29, 0.717) is 0 Å². The highest BCUT2D eigenvalue weighted by Crippen LogP contribution is 2.19. The molecule has 2 rings (SSSR count). The van der Waals surface area contributed by atoms with Gasteiger partial charge in [0, 0.05) is 11.6 Å². The van der Waals surface area contributed by atoms with Crippen molar-refractivity contribution in [3.8, 4) is 0 Å². The summed E-state index contributed by atoms with van der Waals surface area (Å²) in [6.07, 6.45) is 1.41. The predicted octanol–water partition coefficient (Wildman–Crippen LogP) is 0.921. The number of sulfonamides is 1. The smallest absolute Gasteiger partial charge is 0.281 e. The van der Waals surface area contributed by atoms with E-state index in [1.807, 2.05) is 0 Å². The van der Waals surface area contributed by atoms with Crippen LogP contribution in [0.4, 0.5) is 10.9 Å². The lowest BCUT2D eigenvalue weighted by Gasteiger charge is -2.02. The molecule has 0 fully saturated rings. The molecule has 0 aromatic carbocycles. The van der Waals surface area contributed by atoms with Gasteiger partial charge in [-0.2, -0.15) is 8.42 Å². The Hall–Kier alpha value is -1.67. The van der Waals surface area contributed by atoms with Crippen LogP contribution in [0.15, 0.2) is 34.8 Å². The Kier molecular flexibility index (Phi) is 2.75. The Labute approximate surface area is 96.2 Å². The van der Waals surface area contributed by atoms with Gasteiger partial charge in [-0.3, -0.25) is 4.72 Å². The summed E-state index contributed by atoms with van der Waals surface area (Å²) in [5.41, 5.74) is 5.38. The number of pyridine rings is 1. The maximum atomic E-state index is 11.8. The third-order valence-electron chi connectivity index (χ3n) is 1.66. The third kappa shape index (κ3) is 2.28. The zero-order valence-electron chi connectivity index (χ0n) is 7.99. The van der Waals surface area contributed by atoms with Crippen LogP contribution >= 0.6 is 11.3 Å². The van der Waals surface area contributed by atoms with Crippen molar-refractivity contribution < 1.29 is 8.42 Å². The fourth-order valence-corrected chi connectivity index (χ4v) is 2.81. The lowest BCUT2D eigenvalue weighted by Crippen LogP contribution is -2.14. The first-order valence-corrected chi connectivity index (χ1v) is 6.59. The largest absolute Gasteiger partial charge is 0.383 e. The summed E-state index contributed by atoms with van der Waals surface area (Å²) < 4.78 is 25.8. The minimum Gasteiger partial charge on any atom is -0.383 e. The molecule has 8 heteroatoms. The number of anilines is 2. The first-order valence-electron chi connectivity index (χ1n) is 4.23. The quantitative estimate of drug-likeness (QED) is 0.851. The second-order valence-electron chi connectivity index (χ2n) is 2.85. The van der Waals surface area contributed by atoms with E-state index in [-0.39, 0.29) is 16.0 Å². The molecule has 0 radical (unpaired) electrons. The number of nitrogens with one attached hydrogen (secondary N) is 1.